The monoisotopic (exact) mass is 285 g/mol. The molecule has 0 radical (unpaired) electrons. The molecule has 1 N–H and O–H groups in total. The molecule has 0 aliphatic heterocycles. The van der Waals surface area contributed by atoms with Crippen LogP contribution in [0.1, 0.15) is 16.8 Å². The van der Waals surface area contributed by atoms with E-state index in [0.717, 1.165) is 6.07 Å². The number of carbonyl (C=O) groups is 2. The maximum Gasteiger partial charge on any atom is 0.342 e. The third-order valence-electron chi connectivity index (χ3n) is 2.20. The topological polar surface area (TPSA) is 107 Å². The average Bonchev–Trinajstić information content (AvgIpc) is 2.38. The molecule has 0 bridgehead atoms. The lowest BCUT2D eigenvalue weighted by Crippen LogP contribution is -2.03. The van der Waals surface area contributed by atoms with Crippen LogP contribution in [0.25, 0.3) is 0 Å². The number of hydrogen-bond acceptors (Lipinski definition) is 6. The molecule has 0 saturated heterocycles. The second kappa shape index (κ2) is 6.74. The minimum Gasteiger partial charge on any atom is -0.477 e. The Hall–Kier alpha value is -2.09. The Kier molecular flexibility index (Phi) is 5.31. The number of benzene rings is 1. The molecule has 0 aliphatic carbocycles. The lowest BCUT2D eigenvalue weighted by Gasteiger charge is -2.03. The molecule has 1 aromatic rings. The summed E-state index contributed by atoms with van der Waals surface area (Å²) in [4.78, 5) is 32.3. The SMILES string of the molecule is COC(=O)CCSc1ccc([N+](=O)[O-])c(C(=O)O)c1. The van der Waals surface area contributed by atoms with Crippen molar-refractivity contribution >= 4 is 29.4 Å². The lowest BCUT2D eigenvalue weighted by molar-refractivity contribution is -0.385. The van der Waals surface area contributed by atoms with Gasteiger partial charge in [0, 0.05) is 16.7 Å². The maximum atomic E-state index is 10.9. The number of carboxylic acids is 1. The van der Waals surface area contributed by atoms with E-state index in [1.54, 1.807) is 0 Å². The number of ether oxygens (including phenoxy) is 1. The van der Waals surface area contributed by atoms with Crippen molar-refractivity contribution in [2.24, 2.45) is 0 Å². The Morgan fingerprint density at radius 3 is 2.68 bits per heavy atom. The number of nitro groups is 1. The summed E-state index contributed by atoms with van der Waals surface area (Å²) in [7, 11) is 1.28. The summed E-state index contributed by atoms with van der Waals surface area (Å²) in [5.41, 5.74) is -0.821. The quantitative estimate of drug-likeness (QED) is 0.368. The van der Waals surface area contributed by atoms with Crippen molar-refractivity contribution < 1.29 is 24.4 Å². The Bertz CT molecular complexity index is 516. The molecule has 102 valence electrons. The fourth-order valence-corrected chi connectivity index (χ4v) is 2.16. The van der Waals surface area contributed by atoms with Crippen molar-refractivity contribution in [3.8, 4) is 0 Å². The minimum absolute atomic E-state index is 0.181. The van der Waals surface area contributed by atoms with Crippen LogP contribution in [0.5, 0.6) is 0 Å². The molecule has 0 amide bonds. The molecule has 0 saturated carbocycles. The Morgan fingerprint density at radius 2 is 2.16 bits per heavy atom. The molecular formula is C11H11NO6S. The van der Waals surface area contributed by atoms with Crippen LogP contribution in [0, 0.1) is 10.1 Å². The first-order valence-corrected chi connectivity index (χ1v) is 6.15. The van der Waals surface area contributed by atoms with E-state index in [4.69, 9.17) is 5.11 Å². The van der Waals surface area contributed by atoms with Crippen LogP contribution in [-0.4, -0.2) is 34.8 Å². The molecule has 19 heavy (non-hydrogen) atoms. The van der Waals surface area contributed by atoms with Crippen molar-refractivity contribution in [1.29, 1.82) is 0 Å². The van der Waals surface area contributed by atoms with Crippen LogP contribution in [0.2, 0.25) is 0 Å². The van der Waals surface area contributed by atoms with Gasteiger partial charge in [0.05, 0.1) is 18.5 Å². The van der Waals surface area contributed by atoms with E-state index in [2.05, 4.69) is 4.74 Å². The van der Waals surface area contributed by atoms with Crippen molar-refractivity contribution in [1.82, 2.24) is 0 Å². The summed E-state index contributed by atoms with van der Waals surface area (Å²) in [5, 5.41) is 19.6. The lowest BCUT2D eigenvalue weighted by atomic mass is 10.2. The average molecular weight is 285 g/mol. The van der Waals surface area contributed by atoms with Crippen molar-refractivity contribution in [3.63, 3.8) is 0 Å². The highest BCUT2D eigenvalue weighted by molar-refractivity contribution is 7.99. The fraction of sp³-hybridized carbons (Fsp3) is 0.273. The van der Waals surface area contributed by atoms with Gasteiger partial charge in [-0.15, -0.1) is 11.8 Å². The van der Waals surface area contributed by atoms with Gasteiger partial charge in [0.2, 0.25) is 0 Å². The van der Waals surface area contributed by atoms with Crippen molar-refractivity contribution in [2.75, 3.05) is 12.9 Å². The summed E-state index contributed by atoms with van der Waals surface area (Å²) >= 11 is 1.23. The summed E-state index contributed by atoms with van der Waals surface area (Å²) in [5.74, 6) is -1.32. The fourth-order valence-electron chi connectivity index (χ4n) is 1.29. The molecule has 0 aromatic heterocycles. The molecule has 0 aliphatic rings. The third-order valence-corrected chi connectivity index (χ3v) is 3.19. The van der Waals surface area contributed by atoms with Crippen LogP contribution in [0.15, 0.2) is 23.1 Å². The van der Waals surface area contributed by atoms with Gasteiger partial charge in [0.25, 0.3) is 5.69 Å². The van der Waals surface area contributed by atoms with Gasteiger partial charge in [0.15, 0.2) is 0 Å². The van der Waals surface area contributed by atoms with E-state index in [9.17, 15) is 19.7 Å². The van der Waals surface area contributed by atoms with Gasteiger partial charge in [-0.25, -0.2) is 4.79 Å². The standard InChI is InChI=1S/C11H11NO6S/c1-18-10(13)4-5-19-7-2-3-9(12(16)17)8(6-7)11(14)15/h2-3,6H,4-5H2,1H3,(H,14,15). The highest BCUT2D eigenvalue weighted by Gasteiger charge is 2.20. The van der Waals surface area contributed by atoms with Crippen LogP contribution in [-0.2, 0) is 9.53 Å². The van der Waals surface area contributed by atoms with Gasteiger partial charge in [0.1, 0.15) is 5.56 Å². The molecule has 0 fully saturated rings. The number of esters is 1. The van der Waals surface area contributed by atoms with Crippen LogP contribution in [0.4, 0.5) is 5.69 Å². The van der Waals surface area contributed by atoms with E-state index in [-0.39, 0.29) is 18.0 Å². The zero-order chi connectivity index (χ0) is 14.4. The number of thioether (sulfide) groups is 1. The molecule has 7 nitrogen and oxygen atoms in total. The number of nitrogens with zero attached hydrogens (tertiary/aromatic N) is 1. The summed E-state index contributed by atoms with van der Waals surface area (Å²) in [6, 6.07) is 3.82. The Labute approximate surface area is 112 Å². The Balaban J connectivity index is 2.81. The number of hydrogen-bond donors (Lipinski definition) is 1. The van der Waals surface area contributed by atoms with Crippen LogP contribution in [0.3, 0.4) is 0 Å². The van der Waals surface area contributed by atoms with Gasteiger partial charge in [-0.2, -0.15) is 0 Å². The summed E-state index contributed by atoms with van der Waals surface area (Å²) < 4.78 is 4.46. The summed E-state index contributed by atoms with van der Waals surface area (Å²) in [6.07, 6.45) is 0.181. The van der Waals surface area contributed by atoms with Gasteiger partial charge < -0.3 is 9.84 Å². The molecule has 0 heterocycles. The maximum absolute atomic E-state index is 10.9. The van der Waals surface area contributed by atoms with Gasteiger partial charge in [-0.1, -0.05) is 0 Å². The van der Waals surface area contributed by atoms with E-state index in [0.29, 0.717) is 10.6 Å². The number of rotatable bonds is 6. The largest absolute Gasteiger partial charge is 0.477 e. The number of nitro benzene ring substituents is 1. The van der Waals surface area contributed by atoms with Crippen LogP contribution < -0.4 is 0 Å². The zero-order valence-electron chi connectivity index (χ0n) is 9.99. The van der Waals surface area contributed by atoms with E-state index >= 15 is 0 Å². The molecule has 1 aromatic carbocycles. The van der Waals surface area contributed by atoms with Gasteiger partial charge in [-0.3, -0.25) is 14.9 Å². The molecule has 1 rings (SSSR count). The number of aromatic carboxylic acids is 1. The summed E-state index contributed by atoms with van der Waals surface area (Å²) in [6.45, 7) is 0. The zero-order valence-corrected chi connectivity index (χ0v) is 10.8. The molecule has 8 heteroatoms. The first-order valence-electron chi connectivity index (χ1n) is 5.17. The highest BCUT2D eigenvalue weighted by Crippen LogP contribution is 2.26. The predicted molar refractivity (Wildman–Crippen MR) is 67.4 cm³/mol. The van der Waals surface area contributed by atoms with Crippen LogP contribution >= 0.6 is 11.8 Å². The third kappa shape index (κ3) is 4.25. The molecule has 0 atom stereocenters. The van der Waals surface area contributed by atoms with E-state index < -0.39 is 16.6 Å². The van der Waals surface area contributed by atoms with Crippen molar-refractivity contribution in [2.45, 2.75) is 11.3 Å². The number of methoxy groups -OCH3 is 1. The predicted octanol–water partition coefficient (Wildman–Crippen LogP) is 1.95. The number of carbonyl (C=O) groups excluding carboxylic acids is 1. The van der Waals surface area contributed by atoms with E-state index in [1.807, 2.05) is 0 Å². The normalized spacial score (nSPS) is 9.95. The van der Waals surface area contributed by atoms with E-state index in [1.165, 1.54) is 31.0 Å². The number of carboxylic acid groups (broad SMARTS) is 1. The Morgan fingerprint density at radius 1 is 1.47 bits per heavy atom. The highest BCUT2D eigenvalue weighted by atomic mass is 32.2. The molecule has 0 spiro atoms. The molecular weight excluding hydrogens is 274 g/mol. The van der Waals surface area contributed by atoms with Crippen molar-refractivity contribution in [3.05, 3.63) is 33.9 Å². The first-order chi connectivity index (χ1) is 8.95. The second-order valence-corrected chi connectivity index (χ2v) is 4.58. The molecule has 0 unspecified atom stereocenters. The second-order valence-electron chi connectivity index (χ2n) is 3.42. The minimum atomic E-state index is -1.36. The first kappa shape index (κ1) is 15.0. The van der Waals surface area contributed by atoms with Gasteiger partial charge in [-0.05, 0) is 12.1 Å². The smallest absolute Gasteiger partial charge is 0.342 e. The van der Waals surface area contributed by atoms with Gasteiger partial charge >= 0.3 is 11.9 Å².